The van der Waals surface area contributed by atoms with E-state index in [1.165, 1.54) is 11.3 Å². The maximum Gasteiger partial charge on any atom is 0.180 e. The summed E-state index contributed by atoms with van der Waals surface area (Å²) in [5, 5.41) is 6.70. The molecule has 2 rings (SSSR count). The van der Waals surface area contributed by atoms with Gasteiger partial charge in [0, 0.05) is 12.4 Å². The van der Waals surface area contributed by atoms with E-state index in [4.69, 9.17) is 5.73 Å². The van der Waals surface area contributed by atoms with Gasteiger partial charge in [-0.15, -0.1) is 11.3 Å². The average molecular weight is 209 g/mol. The predicted octanol–water partition coefficient (Wildman–Crippen LogP) is 0.753. The molecular weight excluding hydrogens is 198 g/mol. The fraction of sp³-hybridized carbons (Fsp3) is 0.375. The summed E-state index contributed by atoms with van der Waals surface area (Å²) in [5.74, 6) is 1.69. The lowest BCUT2D eigenvalue weighted by molar-refractivity contribution is 0.709. The number of aromatic nitrogens is 4. The Morgan fingerprint density at radius 3 is 2.79 bits per heavy atom. The summed E-state index contributed by atoms with van der Waals surface area (Å²) in [7, 11) is 1.88. The van der Waals surface area contributed by atoms with E-state index in [1.807, 2.05) is 19.4 Å². The first-order valence-electron chi connectivity index (χ1n) is 4.21. The Balaban J connectivity index is 2.22. The molecule has 0 aliphatic rings. The number of aryl methyl sites for hydroxylation is 2. The van der Waals surface area contributed by atoms with Crippen LogP contribution in [0.2, 0.25) is 0 Å². The minimum absolute atomic E-state index is 0.596. The third-order valence-corrected chi connectivity index (χ3v) is 2.59. The zero-order valence-corrected chi connectivity index (χ0v) is 8.88. The van der Waals surface area contributed by atoms with Crippen molar-refractivity contribution in [2.24, 2.45) is 7.05 Å². The molecule has 0 atom stereocenters. The first-order valence-corrected chi connectivity index (χ1v) is 5.09. The van der Waals surface area contributed by atoms with E-state index in [0.29, 0.717) is 11.6 Å². The van der Waals surface area contributed by atoms with Gasteiger partial charge in [0.2, 0.25) is 0 Å². The number of nitrogens with zero attached hydrogens (tertiary/aromatic N) is 4. The molecule has 2 aromatic rings. The van der Waals surface area contributed by atoms with E-state index in [1.54, 1.807) is 4.68 Å². The quantitative estimate of drug-likeness (QED) is 0.792. The highest BCUT2D eigenvalue weighted by atomic mass is 32.1. The monoisotopic (exact) mass is 209 g/mol. The van der Waals surface area contributed by atoms with Crippen molar-refractivity contribution in [2.45, 2.75) is 13.3 Å². The number of hydrogen-bond donors (Lipinski definition) is 1. The van der Waals surface area contributed by atoms with Crippen LogP contribution in [-0.2, 0) is 13.5 Å². The molecule has 2 aromatic heterocycles. The zero-order valence-electron chi connectivity index (χ0n) is 8.06. The van der Waals surface area contributed by atoms with Crippen molar-refractivity contribution < 1.29 is 0 Å². The number of nitrogen functional groups attached to an aromatic ring is 1. The van der Waals surface area contributed by atoms with Gasteiger partial charge in [0.25, 0.3) is 0 Å². The smallest absolute Gasteiger partial charge is 0.180 e. The van der Waals surface area contributed by atoms with Crippen LogP contribution in [0.3, 0.4) is 0 Å². The first kappa shape index (κ1) is 9.14. The lowest BCUT2D eigenvalue weighted by Crippen LogP contribution is -2.00. The summed E-state index contributed by atoms with van der Waals surface area (Å²) in [6.07, 6.45) is 0.686. The number of hydrogen-bond acceptors (Lipinski definition) is 5. The molecule has 0 aliphatic heterocycles. The average Bonchev–Trinajstić information content (AvgIpc) is 2.61. The highest BCUT2D eigenvalue weighted by Gasteiger charge is 2.07. The van der Waals surface area contributed by atoms with E-state index in [-0.39, 0.29) is 0 Å². The summed E-state index contributed by atoms with van der Waals surface area (Å²) in [6, 6.07) is 0. The van der Waals surface area contributed by atoms with Crippen molar-refractivity contribution >= 4 is 16.5 Å². The molecule has 0 radical (unpaired) electrons. The van der Waals surface area contributed by atoms with Crippen LogP contribution in [-0.4, -0.2) is 19.7 Å². The van der Waals surface area contributed by atoms with Gasteiger partial charge in [-0.1, -0.05) is 0 Å². The van der Waals surface area contributed by atoms with Crippen molar-refractivity contribution in [2.75, 3.05) is 5.73 Å². The van der Waals surface area contributed by atoms with Crippen LogP contribution in [0.1, 0.15) is 17.3 Å². The maximum atomic E-state index is 5.54. The minimum atomic E-state index is 0.596. The van der Waals surface area contributed by atoms with E-state index in [9.17, 15) is 0 Å². The lowest BCUT2D eigenvalue weighted by Gasteiger charge is -1.95. The third-order valence-electron chi connectivity index (χ3n) is 1.87. The Bertz CT molecular complexity index is 444. The molecule has 0 fully saturated rings. The van der Waals surface area contributed by atoms with Crippen molar-refractivity contribution in [1.29, 1.82) is 0 Å². The molecule has 0 amide bonds. The van der Waals surface area contributed by atoms with Gasteiger partial charge in [0.05, 0.1) is 12.1 Å². The van der Waals surface area contributed by atoms with Crippen LogP contribution in [0.15, 0.2) is 5.38 Å². The molecule has 0 bridgehead atoms. The van der Waals surface area contributed by atoms with E-state index >= 15 is 0 Å². The second kappa shape index (κ2) is 3.38. The lowest BCUT2D eigenvalue weighted by atomic mass is 10.3. The molecule has 2 N–H and O–H groups in total. The number of thiazole rings is 1. The molecule has 6 heteroatoms. The summed E-state index contributed by atoms with van der Waals surface area (Å²) in [5.41, 5.74) is 6.49. The second-order valence-corrected chi connectivity index (χ2v) is 3.94. The standard InChI is InChI=1S/C8H11N5S/c1-5-10-7(13(2)12-5)3-6-4-14-8(9)11-6/h4H,3H2,1-2H3,(H2,9,11). The first-order chi connectivity index (χ1) is 6.65. The molecule has 5 nitrogen and oxygen atoms in total. The highest BCUT2D eigenvalue weighted by Crippen LogP contribution is 2.13. The third kappa shape index (κ3) is 1.74. The van der Waals surface area contributed by atoms with Crippen LogP contribution in [0.25, 0.3) is 0 Å². The van der Waals surface area contributed by atoms with Crippen LogP contribution in [0.5, 0.6) is 0 Å². The largest absolute Gasteiger partial charge is 0.375 e. The van der Waals surface area contributed by atoms with Gasteiger partial charge in [0.15, 0.2) is 5.13 Å². The molecular formula is C8H11N5S. The van der Waals surface area contributed by atoms with Crippen molar-refractivity contribution in [3.63, 3.8) is 0 Å². The van der Waals surface area contributed by atoms with Crippen LogP contribution in [0.4, 0.5) is 5.13 Å². The molecule has 0 spiro atoms. The van der Waals surface area contributed by atoms with Gasteiger partial charge in [-0.2, -0.15) is 5.10 Å². The Hall–Kier alpha value is -1.43. The molecule has 74 valence electrons. The van der Waals surface area contributed by atoms with Gasteiger partial charge in [-0.25, -0.2) is 9.97 Å². The SMILES string of the molecule is Cc1nc(Cc2csc(N)n2)n(C)n1. The van der Waals surface area contributed by atoms with Gasteiger partial charge in [0.1, 0.15) is 11.6 Å². The number of anilines is 1. The van der Waals surface area contributed by atoms with Gasteiger partial charge in [-0.3, -0.25) is 4.68 Å². The van der Waals surface area contributed by atoms with Gasteiger partial charge in [-0.05, 0) is 6.92 Å². The van der Waals surface area contributed by atoms with Gasteiger partial charge >= 0.3 is 0 Å². The van der Waals surface area contributed by atoms with Crippen molar-refractivity contribution in [3.8, 4) is 0 Å². The van der Waals surface area contributed by atoms with Crippen LogP contribution in [0, 0.1) is 6.92 Å². The van der Waals surface area contributed by atoms with Crippen LogP contribution < -0.4 is 5.73 Å². The molecule has 14 heavy (non-hydrogen) atoms. The van der Waals surface area contributed by atoms with E-state index in [2.05, 4.69) is 15.1 Å². The summed E-state index contributed by atoms with van der Waals surface area (Å²) >= 11 is 1.45. The summed E-state index contributed by atoms with van der Waals surface area (Å²) in [4.78, 5) is 8.46. The molecule has 0 aliphatic carbocycles. The van der Waals surface area contributed by atoms with Crippen LogP contribution >= 0.6 is 11.3 Å². The fourth-order valence-corrected chi connectivity index (χ4v) is 1.84. The summed E-state index contributed by atoms with van der Waals surface area (Å²) in [6.45, 7) is 1.87. The van der Waals surface area contributed by atoms with Crippen molar-refractivity contribution in [3.05, 3.63) is 22.7 Å². The minimum Gasteiger partial charge on any atom is -0.375 e. The van der Waals surface area contributed by atoms with Gasteiger partial charge < -0.3 is 5.73 Å². The Labute approximate surface area is 85.6 Å². The molecule has 0 unspecified atom stereocenters. The fourth-order valence-electron chi connectivity index (χ4n) is 1.28. The molecule has 0 saturated carbocycles. The zero-order chi connectivity index (χ0) is 10.1. The molecule has 0 aromatic carbocycles. The second-order valence-electron chi connectivity index (χ2n) is 3.05. The molecule has 0 saturated heterocycles. The highest BCUT2D eigenvalue weighted by molar-refractivity contribution is 7.13. The van der Waals surface area contributed by atoms with E-state index in [0.717, 1.165) is 17.3 Å². The normalized spacial score (nSPS) is 10.7. The Morgan fingerprint density at radius 2 is 2.29 bits per heavy atom. The number of nitrogens with two attached hydrogens (primary N) is 1. The topological polar surface area (TPSA) is 69.6 Å². The Morgan fingerprint density at radius 1 is 1.50 bits per heavy atom. The number of rotatable bonds is 2. The van der Waals surface area contributed by atoms with E-state index < -0.39 is 0 Å². The summed E-state index contributed by atoms with van der Waals surface area (Å²) < 4.78 is 1.77. The van der Waals surface area contributed by atoms with Crippen molar-refractivity contribution in [1.82, 2.24) is 19.7 Å². The molecule has 2 heterocycles. The predicted molar refractivity (Wildman–Crippen MR) is 55.1 cm³/mol. The maximum absolute atomic E-state index is 5.54. The Kier molecular flexibility index (Phi) is 2.20.